The van der Waals surface area contributed by atoms with Crippen molar-refractivity contribution in [2.24, 2.45) is 0 Å². The lowest BCUT2D eigenvalue weighted by molar-refractivity contribution is -0.137. The molecule has 102 valence electrons. The van der Waals surface area contributed by atoms with Crippen molar-refractivity contribution in [1.29, 1.82) is 5.26 Å². The Bertz CT molecular complexity index is 696. The summed E-state index contributed by atoms with van der Waals surface area (Å²) in [6.07, 6.45) is -4.53. The van der Waals surface area contributed by atoms with E-state index in [1.165, 1.54) is 31.2 Å². The molecule has 0 amide bonds. The minimum absolute atomic E-state index is 0.0863. The number of hydrogen-bond donors (Lipinski definition) is 0. The van der Waals surface area contributed by atoms with Crippen LogP contribution in [0.2, 0.25) is 0 Å². The van der Waals surface area contributed by atoms with E-state index in [1.54, 1.807) is 6.07 Å². The van der Waals surface area contributed by atoms with Crippen LogP contribution in [0.25, 0.3) is 11.1 Å². The smallest absolute Gasteiger partial charge is 0.207 e. The third-order valence-corrected chi connectivity index (χ3v) is 2.88. The Morgan fingerprint density at radius 3 is 2.25 bits per heavy atom. The molecule has 0 aliphatic carbocycles. The second-order valence-electron chi connectivity index (χ2n) is 4.37. The molecule has 0 saturated carbocycles. The van der Waals surface area contributed by atoms with Gasteiger partial charge in [-0.25, -0.2) is 4.39 Å². The van der Waals surface area contributed by atoms with Crippen LogP contribution >= 0.6 is 0 Å². The second-order valence-corrected chi connectivity index (χ2v) is 4.37. The number of nitriles is 1. The largest absolute Gasteiger partial charge is 0.416 e. The minimum Gasteiger partial charge on any atom is -0.207 e. The molecule has 5 heteroatoms. The molecule has 1 nitrogen and oxygen atoms in total. The normalized spacial score (nSPS) is 11.2. The molecule has 2 aromatic rings. The maximum absolute atomic E-state index is 13.2. The van der Waals surface area contributed by atoms with Crippen LogP contribution in [0.4, 0.5) is 17.6 Å². The van der Waals surface area contributed by atoms with Crippen LogP contribution in [0.3, 0.4) is 0 Å². The number of alkyl halides is 3. The van der Waals surface area contributed by atoms with Gasteiger partial charge in [0.2, 0.25) is 0 Å². The first-order valence-electron chi connectivity index (χ1n) is 5.70. The molecule has 0 unspecified atom stereocenters. The molecule has 2 aromatic carbocycles. The first-order valence-corrected chi connectivity index (χ1v) is 5.70. The molecule has 0 saturated heterocycles. The van der Waals surface area contributed by atoms with E-state index in [2.05, 4.69) is 0 Å². The zero-order valence-electron chi connectivity index (χ0n) is 10.4. The van der Waals surface area contributed by atoms with Gasteiger partial charge in [0.05, 0.1) is 17.2 Å². The molecule has 2 rings (SSSR count). The molecule has 0 fully saturated rings. The van der Waals surface area contributed by atoms with Gasteiger partial charge < -0.3 is 0 Å². The number of aryl methyl sites for hydroxylation is 1. The van der Waals surface area contributed by atoms with Crippen molar-refractivity contribution in [3.63, 3.8) is 0 Å². The van der Waals surface area contributed by atoms with E-state index in [0.717, 1.165) is 12.1 Å². The summed E-state index contributed by atoms with van der Waals surface area (Å²) >= 11 is 0. The highest BCUT2D eigenvalue weighted by atomic mass is 19.4. The van der Waals surface area contributed by atoms with Crippen molar-refractivity contribution < 1.29 is 17.6 Å². The van der Waals surface area contributed by atoms with Gasteiger partial charge in [-0.05, 0) is 53.9 Å². The van der Waals surface area contributed by atoms with Crippen molar-refractivity contribution in [2.45, 2.75) is 13.1 Å². The Balaban J connectivity index is 2.62. The fourth-order valence-electron chi connectivity index (χ4n) is 1.85. The van der Waals surface area contributed by atoms with E-state index in [-0.39, 0.29) is 11.1 Å². The first kappa shape index (κ1) is 14.1. The average molecular weight is 279 g/mol. The Labute approximate surface area is 113 Å². The third kappa shape index (κ3) is 2.80. The van der Waals surface area contributed by atoms with Gasteiger partial charge in [-0.15, -0.1) is 0 Å². The van der Waals surface area contributed by atoms with Crippen LogP contribution < -0.4 is 0 Å². The van der Waals surface area contributed by atoms with E-state index in [1.807, 2.05) is 0 Å². The highest BCUT2D eigenvalue weighted by Gasteiger charge is 2.31. The van der Waals surface area contributed by atoms with Gasteiger partial charge in [0.1, 0.15) is 5.82 Å². The number of hydrogen-bond acceptors (Lipinski definition) is 1. The molecule has 0 spiro atoms. The lowest BCUT2D eigenvalue weighted by Gasteiger charge is -2.10. The Morgan fingerprint density at radius 2 is 1.70 bits per heavy atom. The van der Waals surface area contributed by atoms with Crippen molar-refractivity contribution in [3.05, 3.63) is 58.9 Å². The molecule has 0 aliphatic rings. The van der Waals surface area contributed by atoms with Crippen LogP contribution in [0, 0.1) is 24.1 Å². The monoisotopic (exact) mass is 279 g/mol. The quantitative estimate of drug-likeness (QED) is 0.694. The highest BCUT2D eigenvalue weighted by Crippen LogP contribution is 2.33. The Morgan fingerprint density at radius 1 is 1.00 bits per heavy atom. The summed E-state index contributed by atoms with van der Waals surface area (Å²) in [7, 11) is 0. The van der Waals surface area contributed by atoms with Gasteiger partial charge in [0.15, 0.2) is 0 Å². The van der Waals surface area contributed by atoms with E-state index < -0.39 is 17.6 Å². The van der Waals surface area contributed by atoms with Gasteiger partial charge in [-0.1, -0.05) is 6.07 Å². The predicted molar refractivity (Wildman–Crippen MR) is 66.3 cm³/mol. The second kappa shape index (κ2) is 4.97. The van der Waals surface area contributed by atoms with E-state index >= 15 is 0 Å². The fourth-order valence-corrected chi connectivity index (χ4v) is 1.85. The molecule has 0 aromatic heterocycles. The summed E-state index contributed by atoms with van der Waals surface area (Å²) in [5, 5.41) is 8.82. The molecule has 0 N–H and O–H groups in total. The van der Waals surface area contributed by atoms with Crippen molar-refractivity contribution in [2.75, 3.05) is 0 Å². The predicted octanol–water partition coefficient (Wildman–Crippen LogP) is 4.69. The third-order valence-electron chi connectivity index (χ3n) is 2.88. The summed E-state index contributed by atoms with van der Waals surface area (Å²) in [6, 6.07) is 8.82. The number of nitrogens with zero attached hydrogens (tertiary/aromatic N) is 1. The molecule has 0 bridgehead atoms. The standard InChI is InChI=1S/C15H9F4N/c1-9-4-11(2-3-14(9)16)12-5-10(8-20)6-13(7-12)15(17,18)19/h2-7H,1H3. The lowest BCUT2D eigenvalue weighted by atomic mass is 9.98. The molecule has 0 radical (unpaired) electrons. The molecule has 0 aliphatic heterocycles. The molecule has 0 atom stereocenters. The van der Waals surface area contributed by atoms with Crippen molar-refractivity contribution >= 4 is 0 Å². The minimum atomic E-state index is -4.53. The number of halogens is 4. The van der Waals surface area contributed by atoms with E-state index in [9.17, 15) is 17.6 Å². The first-order chi connectivity index (χ1) is 9.31. The Hall–Kier alpha value is -2.35. The van der Waals surface area contributed by atoms with Crippen molar-refractivity contribution in [3.8, 4) is 17.2 Å². The summed E-state index contributed by atoms with van der Waals surface area (Å²) in [6.45, 7) is 1.53. The van der Waals surface area contributed by atoms with Crippen LogP contribution in [0.15, 0.2) is 36.4 Å². The van der Waals surface area contributed by atoms with Gasteiger partial charge in [-0.2, -0.15) is 18.4 Å². The number of rotatable bonds is 1. The molecule has 0 heterocycles. The van der Waals surface area contributed by atoms with Gasteiger partial charge >= 0.3 is 6.18 Å². The van der Waals surface area contributed by atoms with Crippen LogP contribution in [-0.4, -0.2) is 0 Å². The maximum atomic E-state index is 13.2. The highest BCUT2D eigenvalue weighted by molar-refractivity contribution is 5.67. The zero-order valence-corrected chi connectivity index (χ0v) is 10.4. The van der Waals surface area contributed by atoms with E-state index in [0.29, 0.717) is 11.1 Å². The topological polar surface area (TPSA) is 23.8 Å². The van der Waals surface area contributed by atoms with Crippen LogP contribution in [0.1, 0.15) is 16.7 Å². The van der Waals surface area contributed by atoms with Gasteiger partial charge in [0.25, 0.3) is 0 Å². The molecular formula is C15H9F4N. The van der Waals surface area contributed by atoms with Crippen LogP contribution in [-0.2, 0) is 6.18 Å². The van der Waals surface area contributed by atoms with Gasteiger partial charge in [-0.3, -0.25) is 0 Å². The summed E-state index contributed by atoms with van der Waals surface area (Å²) in [5.74, 6) is -0.429. The maximum Gasteiger partial charge on any atom is 0.416 e. The Kier molecular flexibility index (Phi) is 3.49. The summed E-state index contributed by atoms with van der Waals surface area (Å²) < 4.78 is 51.5. The number of benzene rings is 2. The van der Waals surface area contributed by atoms with Gasteiger partial charge in [0, 0.05) is 0 Å². The van der Waals surface area contributed by atoms with E-state index in [4.69, 9.17) is 5.26 Å². The van der Waals surface area contributed by atoms with Crippen LogP contribution in [0.5, 0.6) is 0 Å². The van der Waals surface area contributed by atoms with Crippen molar-refractivity contribution in [1.82, 2.24) is 0 Å². The molecular weight excluding hydrogens is 270 g/mol. The lowest BCUT2D eigenvalue weighted by Crippen LogP contribution is -2.05. The SMILES string of the molecule is Cc1cc(-c2cc(C#N)cc(C(F)(F)F)c2)ccc1F. The fraction of sp³-hybridized carbons (Fsp3) is 0.133. The summed E-state index contributed by atoms with van der Waals surface area (Å²) in [5.41, 5.74) is 0.0229. The molecule has 20 heavy (non-hydrogen) atoms. The summed E-state index contributed by atoms with van der Waals surface area (Å²) in [4.78, 5) is 0. The average Bonchev–Trinajstić information content (AvgIpc) is 2.40. The zero-order chi connectivity index (χ0) is 14.9.